The third kappa shape index (κ3) is 5.03. The van der Waals surface area contributed by atoms with Crippen LogP contribution >= 0.6 is 0 Å². The lowest BCUT2D eigenvalue weighted by molar-refractivity contribution is 0.661. The van der Waals surface area contributed by atoms with Crippen LogP contribution in [-0.4, -0.2) is 15.0 Å². The Labute approximate surface area is 286 Å². The molecule has 2 aromatic heterocycles. The fourth-order valence-corrected chi connectivity index (χ4v) is 7.37. The van der Waals surface area contributed by atoms with Gasteiger partial charge in [0, 0.05) is 34.5 Å². The SMILES string of the molecule is CC1(C)c2cc(-c3cc(-c4ccc(-c5cccnc5)cc4)nc(-c4cccc(-c5ccccc5)c4)n3)ccc2-c2c1ccc1ccccc21. The van der Waals surface area contributed by atoms with Gasteiger partial charge in [0.05, 0.1) is 11.4 Å². The van der Waals surface area contributed by atoms with Crippen molar-refractivity contribution in [3.8, 4) is 67.3 Å². The van der Waals surface area contributed by atoms with E-state index in [0.29, 0.717) is 5.82 Å². The molecule has 1 aliphatic carbocycles. The minimum absolute atomic E-state index is 0.143. The second-order valence-corrected chi connectivity index (χ2v) is 13.3. The molecule has 3 nitrogen and oxygen atoms in total. The zero-order valence-corrected chi connectivity index (χ0v) is 27.4. The summed E-state index contributed by atoms with van der Waals surface area (Å²) in [6, 6.07) is 53.9. The lowest BCUT2D eigenvalue weighted by Crippen LogP contribution is -2.15. The molecule has 0 unspecified atom stereocenters. The van der Waals surface area contributed by atoms with E-state index in [4.69, 9.17) is 9.97 Å². The zero-order chi connectivity index (χ0) is 33.0. The van der Waals surface area contributed by atoms with Crippen molar-refractivity contribution in [2.75, 3.05) is 0 Å². The first-order chi connectivity index (χ1) is 24.0. The Balaban J connectivity index is 1.19. The molecule has 0 amide bonds. The van der Waals surface area contributed by atoms with Crippen LogP contribution in [0.2, 0.25) is 0 Å². The van der Waals surface area contributed by atoms with Crippen LogP contribution < -0.4 is 0 Å². The first-order valence-electron chi connectivity index (χ1n) is 16.8. The van der Waals surface area contributed by atoms with Gasteiger partial charge in [-0.3, -0.25) is 4.98 Å². The van der Waals surface area contributed by atoms with Crippen molar-refractivity contribution in [2.24, 2.45) is 0 Å². The van der Waals surface area contributed by atoms with E-state index in [9.17, 15) is 0 Å². The van der Waals surface area contributed by atoms with E-state index in [2.05, 4.69) is 158 Å². The van der Waals surface area contributed by atoms with Gasteiger partial charge >= 0.3 is 0 Å². The van der Waals surface area contributed by atoms with Crippen LogP contribution in [0.15, 0.2) is 164 Å². The topological polar surface area (TPSA) is 38.7 Å². The van der Waals surface area contributed by atoms with Gasteiger partial charge in [0.1, 0.15) is 0 Å². The summed E-state index contributed by atoms with van der Waals surface area (Å²) in [7, 11) is 0. The summed E-state index contributed by atoms with van der Waals surface area (Å²) in [6.45, 7) is 4.68. The maximum absolute atomic E-state index is 5.25. The van der Waals surface area contributed by atoms with Crippen LogP contribution in [0.5, 0.6) is 0 Å². The van der Waals surface area contributed by atoms with Gasteiger partial charge in [-0.1, -0.05) is 141 Å². The second kappa shape index (κ2) is 11.5. The summed E-state index contributed by atoms with van der Waals surface area (Å²) >= 11 is 0. The van der Waals surface area contributed by atoms with Gasteiger partial charge in [-0.15, -0.1) is 0 Å². The van der Waals surface area contributed by atoms with Crippen LogP contribution in [0.4, 0.5) is 0 Å². The normalized spacial score (nSPS) is 12.9. The molecule has 3 heteroatoms. The van der Waals surface area contributed by atoms with Gasteiger partial charge < -0.3 is 0 Å². The Morgan fingerprint density at radius 3 is 1.94 bits per heavy atom. The average molecular weight is 628 g/mol. The van der Waals surface area contributed by atoms with Gasteiger partial charge in [0.25, 0.3) is 0 Å². The molecule has 1 aliphatic rings. The monoisotopic (exact) mass is 627 g/mol. The predicted molar refractivity (Wildman–Crippen MR) is 202 cm³/mol. The molecule has 0 fully saturated rings. The molecular formula is C46H33N3. The van der Waals surface area contributed by atoms with E-state index in [0.717, 1.165) is 44.8 Å². The summed E-state index contributed by atoms with van der Waals surface area (Å²) in [5.41, 5.74) is 14.6. The van der Waals surface area contributed by atoms with Crippen molar-refractivity contribution in [1.29, 1.82) is 0 Å². The minimum Gasteiger partial charge on any atom is -0.264 e. The Morgan fingerprint density at radius 1 is 0.449 bits per heavy atom. The predicted octanol–water partition coefficient (Wildman–Crippen LogP) is 11.7. The third-order valence-corrected chi connectivity index (χ3v) is 9.99. The fraction of sp³-hybridized carbons (Fsp3) is 0.0652. The molecule has 0 radical (unpaired) electrons. The van der Waals surface area contributed by atoms with Gasteiger partial charge in [-0.25, -0.2) is 9.97 Å². The second-order valence-electron chi connectivity index (χ2n) is 13.3. The van der Waals surface area contributed by atoms with Crippen molar-refractivity contribution in [1.82, 2.24) is 15.0 Å². The highest BCUT2D eigenvalue weighted by Crippen LogP contribution is 2.52. The number of pyridine rings is 1. The number of hydrogen-bond donors (Lipinski definition) is 0. The number of rotatable bonds is 5. The lowest BCUT2D eigenvalue weighted by atomic mass is 9.81. The molecular weight excluding hydrogens is 595 g/mol. The van der Waals surface area contributed by atoms with Crippen LogP contribution in [-0.2, 0) is 5.41 Å². The summed E-state index contributed by atoms with van der Waals surface area (Å²) in [4.78, 5) is 14.7. The maximum atomic E-state index is 5.25. The van der Waals surface area contributed by atoms with E-state index < -0.39 is 0 Å². The highest BCUT2D eigenvalue weighted by molar-refractivity contribution is 6.02. The molecule has 8 aromatic rings. The standard InChI is InChI=1S/C46H33N3/c1-46(2)40-24-22-32-12-6-7-16-38(32)44(40)39-23-21-35(27-41(39)46)43-28-42(33-19-17-31(18-20-33)37-15-9-25-47-29-37)48-45(49-43)36-14-8-13-34(26-36)30-10-4-3-5-11-30/h3-29H,1-2H3. The third-order valence-electron chi connectivity index (χ3n) is 9.99. The van der Waals surface area contributed by atoms with Gasteiger partial charge in [-0.05, 0) is 79.5 Å². The molecule has 49 heavy (non-hydrogen) atoms. The van der Waals surface area contributed by atoms with Crippen molar-refractivity contribution in [3.05, 3.63) is 175 Å². The fourth-order valence-electron chi connectivity index (χ4n) is 7.37. The first kappa shape index (κ1) is 29.0. The molecule has 6 aromatic carbocycles. The van der Waals surface area contributed by atoms with Crippen LogP contribution in [0.1, 0.15) is 25.0 Å². The van der Waals surface area contributed by atoms with Crippen molar-refractivity contribution in [3.63, 3.8) is 0 Å². The zero-order valence-electron chi connectivity index (χ0n) is 27.4. The molecule has 0 saturated heterocycles. The quantitative estimate of drug-likeness (QED) is 0.191. The molecule has 9 rings (SSSR count). The molecule has 0 spiro atoms. The van der Waals surface area contributed by atoms with Crippen molar-refractivity contribution in [2.45, 2.75) is 19.3 Å². The maximum Gasteiger partial charge on any atom is 0.160 e. The molecule has 0 atom stereocenters. The van der Waals surface area contributed by atoms with E-state index in [1.807, 2.05) is 18.3 Å². The Morgan fingerprint density at radius 2 is 1.12 bits per heavy atom. The van der Waals surface area contributed by atoms with Crippen LogP contribution in [0.25, 0.3) is 78.1 Å². The summed E-state index contributed by atoms with van der Waals surface area (Å²) in [5.74, 6) is 0.704. The minimum atomic E-state index is -0.143. The molecule has 2 heterocycles. The number of aromatic nitrogens is 3. The smallest absolute Gasteiger partial charge is 0.160 e. The van der Waals surface area contributed by atoms with Crippen molar-refractivity contribution >= 4 is 10.8 Å². The number of hydrogen-bond acceptors (Lipinski definition) is 3. The highest BCUT2D eigenvalue weighted by Gasteiger charge is 2.36. The Hall–Kier alpha value is -6.19. The van der Waals surface area contributed by atoms with Gasteiger partial charge in [0.15, 0.2) is 5.82 Å². The Bertz CT molecular complexity index is 2500. The van der Waals surface area contributed by atoms with E-state index in [1.54, 1.807) is 6.20 Å². The summed E-state index contributed by atoms with van der Waals surface area (Å²) < 4.78 is 0. The van der Waals surface area contributed by atoms with Crippen molar-refractivity contribution < 1.29 is 0 Å². The average Bonchev–Trinajstić information content (AvgIpc) is 3.41. The van der Waals surface area contributed by atoms with Crippen LogP contribution in [0.3, 0.4) is 0 Å². The lowest BCUT2D eigenvalue weighted by Gasteiger charge is -2.22. The molecule has 232 valence electrons. The van der Waals surface area contributed by atoms with E-state index in [1.165, 1.54) is 38.6 Å². The number of fused-ring (bicyclic) bond motifs is 5. The van der Waals surface area contributed by atoms with E-state index in [-0.39, 0.29) is 5.41 Å². The van der Waals surface area contributed by atoms with Gasteiger partial charge in [0.2, 0.25) is 0 Å². The number of benzene rings is 6. The number of nitrogens with zero attached hydrogens (tertiary/aromatic N) is 3. The largest absolute Gasteiger partial charge is 0.264 e. The Kier molecular flexibility index (Phi) is 6.80. The summed E-state index contributed by atoms with van der Waals surface area (Å²) in [6.07, 6.45) is 3.70. The summed E-state index contributed by atoms with van der Waals surface area (Å²) in [5, 5.41) is 2.57. The van der Waals surface area contributed by atoms with Gasteiger partial charge in [-0.2, -0.15) is 0 Å². The first-order valence-corrected chi connectivity index (χ1v) is 16.8. The molecule has 0 aliphatic heterocycles. The van der Waals surface area contributed by atoms with Crippen LogP contribution in [0, 0.1) is 0 Å². The highest BCUT2D eigenvalue weighted by atomic mass is 14.9. The molecule has 0 saturated carbocycles. The molecule has 0 N–H and O–H groups in total. The van der Waals surface area contributed by atoms with E-state index >= 15 is 0 Å². The molecule has 0 bridgehead atoms.